The first-order valence-electron chi connectivity index (χ1n) is 9.28. The van der Waals surface area contributed by atoms with Crippen LogP contribution in [0.25, 0.3) is 17.0 Å². The minimum absolute atomic E-state index is 0.0182. The maximum Gasteiger partial charge on any atom is 0.294 e. The second-order valence-corrected chi connectivity index (χ2v) is 7.75. The van der Waals surface area contributed by atoms with Crippen LogP contribution >= 0.6 is 11.8 Å². The molecule has 0 aliphatic carbocycles. The minimum atomic E-state index is -0.432. The summed E-state index contributed by atoms with van der Waals surface area (Å²) >= 11 is 0.835. The van der Waals surface area contributed by atoms with Gasteiger partial charge < -0.3 is 9.88 Å². The van der Waals surface area contributed by atoms with Crippen molar-refractivity contribution in [1.29, 1.82) is 0 Å². The van der Waals surface area contributed by atoms with Gasteiger partial charge in [0.25, 0.3) is 11.1 Å². The van der Waals surface area contributed by atoms with Gasteiger partial charge in [-0.1, -0.05) is 24.1 Å². The molecule has 4 rings (SSSR count). The molecule has 0 unspecified atom stereocenters. The first-order valence-corrected chi connectivity index (χ1v) is 10.1. The third-order valence-electron chi connectivity index (χ3n) is 4.67. The number of hydrogen-bond donors (Lipinski definition) is 1. The Morgan fingerprint density at radius 2 is 1.90 bits per heavy atom. The van der Waals surface area contributed by atoms with Gasteiger partial charge in [0.05, 0.1) is 11.4 Å². The average Bonchev–Trinajstić information content (AvgIpc) is 3.22. The number of carbonyl (C=O) groups is 3. The Kier molecular flexibility index (Phi) is 5.60. The van der Waals surface area contributed by atoms with Gasteiger partial charge in [0.2, 0.25) is 5.91 Å². The van der Waals surface area contributed by atoms with Crippen LogP contribution in [0.4, 0.5) is 14.9 Å². The molecule has 3 aromatic rings. The van der Waals surface area contributed by atoms with Crippen molar-refractivity contribution in [3.8, 4) is 12.3 Å². The lowest BCUT2D eigenvalue weighted by Gasteiger charge is -2.07. The summed E-state index contributed by atoms with van der Waals surface area (Å²) in [5.74, 6) is 1.21. The number of amides is 3. The maximum absolute atomic E-state index is 13.1. The van der Waals surface area contributed by atoms with Crippen molar-refractivity contribution >= 4 is 51.5 Å². The van der Waals surface area contributed by atoms with E-state index in [-0.39, 0.29) is 29.7 Å². The fourth-order valence-corrected chi connectivity index (χ4v) is 4.11. The number of benzene rings is 2. The van der Waals surface area contributed by atoms with Crippen molar-refractivity contribution in [3.05, 3.63) is 71.0 Å². The number of terminal acetylenes is 1. The van der Waals surface area contributed by atoms with Crippen molar-refractivity contribution in [2.45, 2.75) is 6.54 Å². The van der Waals surface area contributed by atoms with E-state index < -0.39 is 11.1 Å². The molecular formula is C23H16FN3O3S. The standard InChI is InChI=1S/C23H16FN3O3S/c1-2-11-27-22(29)20(31-23(27)30)12-15-13-26(19-6-4-3-5-18(15)19)14-21(28)25-17-9-7-16(24)8-10-17/h1,3-10,12-13H,11,14H2,(H,25,28)/b20-12+. The lowest BCUT2D eigenvalue weighted by Crippen LogP contribution is -2.28. The zero-order valence-electron chi connectivity index (χ0n) is 16.2. The zero-order chi connectivity index (χ0) is 22.0. The van der Waals surface area contributed by atoms with Crippen LogP contribution in [-0.2, 0) is 16.1 Å². The van der Waals surface area contributed by atoms with Crippen LogP contribution in [0.15, 0.2) is 59.6 Å². The van der Waals surface area contributed by atoms with E-state index in [0.29, 0.717) is 11.3 Å². The number of aromatic nitrogens is 1. The summed E-state index contributed by atoms with van der Waals surface area (Å²) in [7, 11) is 0. The average molecular weight is 433 g/mol. The number of anilines is 1. The van der Waals surface area contributed by atoms with Crippen molar-refractivity contribution < 1.29 is 18.8 Å². The van der Waals surface area contributed by atoms with Crippen LogP contribution < -0.4 is 5.32 Å². The molecule has 1 aromatic heterocycles. The first-order chi connectivity index (χ1) is 15.0. The van der Waals surface area contributed by atoms with E-state index in [0.717, 1.165) is 27.6 Å². The molecule has 2 heterocycles. The molecule has 154 valence electrons. The number of hydrogen-bond acceptors (Lipinski definition) is 4. The highest BCUT2D eigenvalue weighted by atomic mass is 32.2. The molecule has 8 heteroatoms. The lowest BCUT2D eigenvalue weighted by atomic mass is 10.1. The molecule has 3 amide bonds. The summed E-state index contributed by atoms with van der Waals surface area (Å²) in [5, 5.41) is 3.16. The highest BCUT2D eigenvalue weighted by molar-refractivity contribution is 8.18. The smallest absolute Gasteiger partial charge is 0.294 e. The van der Waals surface area contributed by atoms with Crippen molar-refractivity contribution in [3.63, 3.8) is 0 Å². The Morgan fingerprint density at radius 3 is 2.65 bits per heavy atom. The van der Waals surface area contributed by atoms with Gasteiger partial charge in [0.15, 0.2) is 0 Å². The van der Waals surface area contributed by atoms with Gasteiger partial charge in [-0.25, -0.2) is 4.39 Å². The molecule has 1 saturated heterocycles. The van der Waals surface area contributed by atoms with Gasteiger partial charge in [-0.3, -0.25) is 19.3 Å². The second kappa shape index (κ2) is 8.50. The highest BCUT2D eigenvalue weighted by Crippen LogP contribution is 2.34. The Hall–Kier alpha value is -3.83. The number of para-hydroxylation sites is 1. The molecule has 0 atom stereocenters. The summed E-state index contributed by atoms with van der Waals surface area (Å²) < 4.78 is 14.8. The number of fused-ring (bicyclic) bond motifs is 1. The Balaban J connectivity index is 1.61. The molecule has 0 spiro atoms. The number of thioether (sulfide) groups is 1. The number of nitrogens with one attached hydrogen (secondary N) is 1. The van der Waals surface area contributed by atoms with Crippen LogP contribution in [0.5, 0.6) is 0 Å². The van der Waals surface area contributed by atoms with Gasteiger partial charge in [-0.15, -0.1) is 6.42 Å². The number of nitrogens with zero attached hydrogens (tertiary/aromatic N) is 2. The van der Waals surface area contributed by atoms with Crippen LogP contribution in [0.2, 0.25) is 0 Å². The third kappa shape index (κ3) is 4.22. The fraction of sp³-hybridized carbons (Fsp3) is 0.0870. The first kappa shape index (κ1) is 20.4. The highest BCUT2D eigenvalue weighted by Gasteiger charge is 2.34. The van der Waals surface area contributed by atoms with E-state index in [2.05, 4.69) is 11.2 Å². The summed E-state index contributed by atoms with van der Waals surface area (Å²) in [5.41, 5.74) is 1.99. The summed E-state index contributed by atoms with van der Waals surface area (Å²) in [4.78, 5) is 38.3. The Morgan fingerprint density at radius 1 is 1.16 bits per heavy atom. The van der Waals surface area contributed by atoms with Crippen LogP contribution in [-0.4, -0.2) is 33.1 Å². The van der Waals surface area contributed by atoms with Crippen LogP contribution in [0.3, 0.4) is 0 Å². The zero-order valence-corrected chi connectivity index (χ0v) is 17.0. The second-order valence-electron chi connectivity index (χ2n) is 6.76. The molecule has 1 N–H and O–H groups in total. The van der Waals surface area contributed by atoms with Gasteiger partial charge in [-0.2, -0.15) is 0 Å². The molecular weight excluding hydrogens is 417 g/mol. The normalized spacial score (nSPS) is 15.0. The fourth-order valence-electron chi connectivity index (χ4n) is 3.28. The number of halogens is 1. The largest absolute Gasteiger partial charge is 0.337 e. The molecule has 1 aliphatic heterocycles. The van der Waals surface area contributed by atoms with Crippen molar-refractivity contribution in [1.82, 2.24) is 9.47 Å². The number of imide groups is 1. The van der Waals surface area contributed by atoms with E-state index in [1.54, 1.807) is 16.8 Å². The van der Waals surface area contributed by atoms with E-state index in [1.807, 2.05) is 24.3 Å². The monoisotopic (exact) mass is 433 g/mol. The summed E-state index contributed by atoms with van der Waals surface area (Å²) in [6, 6.07) is 13.0. The summed E-state index contributed by atoms with van der Waals surface area (Å²) in [6.07, 6.45) is 8.62. The number of carbonyl (C=O) groups excluding carboxylic acids is 3. The predicted octanol–water partition coefficient (Wildman–Crippen LogP) is 4.09. The summed E-state index contributed by atoms with van der Waals surface area (Å²) in [6.45, 7) is -0.0579. The molecule has 6 nitrogen and oxygen atoms in total. The van der Waals surface area contributed by atoms with Crippen LogP contribution in [0.1, 0.15) is 5.56 Å². The molecule has 0 radical (unpaired) electrons. The van der Waals surface area contributed by atoms with E-state index in [9.17, 15) is 18.8 Å². The van der Waals surface area contributed by atoms with E-state index in [4.69, 9.17) is 6.42 Å². The van der Waals surface area contributed by atoms with Gasteiger partial charge in [0, 0.05) is 28.4 Å². The molecule has 0 bridgehead atoms. The van der Waals surface area contributed by atoms with Gasteiger partial charge in [0.1, 0.15) is 12.4 Å². The Bertz CT molecular complexity index is 1270. The lowest BCUT2D eigenvalue weighted by molar-refractivity contribution is -0.122. The minimum Gasteiger partial charge on any atom is -0.337 e. The van der Waals surface area contributed by atoms with Crippen LogP contribution in [0, 0.1) is 18.2 Å². The predicted molar refractivity (Wildman–Crippen MR) is 118 cm³/mol. The number of rotatable bonds is 5. The Labute approximate surface area is 181 Å². The van der Waals surface area contributed by atoms with Gasteiger partial charge >= 0.3 is 0 Å². The molecule has 31 heavy (non-hydrogen) atoms. The molecule has 1 aliphatic rings. The quantitative estimate of drug-likeness (QED) is 0.486. The van der Waals surface area contributed by atoms with E-state index in [1.165, 1.54) is 24.3 Å². The van der Waals surface area contributed by atoms with Crippen molar-refractivity contribution in [2.75, 3.05) is 11.9 Å². The molecule has 2 aromatic carbocycles. The topological polar surface area (TPSA) is 71.4 Å². The molecule has 1 fully saturated rings. The van der Waals surface area contributed by atoms with Crippen molar-refractivity contribution in [2.24, 2.45) is 0 Å². The molecule has 0 saturated carbocycles. The maximum atomic E-state index is 13.1. The third-order valence-corrected chi connectivity index (χ3v) is 5.58. The van der Waals surface area contributed by atoms with E-state index >= 15 is 0 Å². The SMILES string of the molecule is C#CCN1C(=O)S/C(=C/c2cn(CC(=O)Nc3ccc(F)cc3)c3ccccc23)C1=O. The van der Waals surface area contributed by atoms with Gasteiger partial charge in [-0.05, 0) is 48.2 Å².